The summed E-state index contributed by atoms with van der Waals surface area (Å²) in [6.45, 7) is 5.77. The number of aliphatic hydroxyl groups is 1. The summed E-state index contributed by atoms with van der Waals surface area (Å²) in [5, 5.41) is 9.09. The van der Waals surface area contributed by atoms with Crippen molar-refractivity contribution < 1.29 is 5.11 Å². The van der Waals surface area contributed by atoms with Gasteiger partial charge in [-0.3, -0.25) is 0 Å². The molecule has 0 aliphatic heterocycles. The van der Waals surface area contributed by atoms with Crippen LogP contribution in [0.1, 0.15) is 27.2 Å². The van der Waals surface area contributed by atoms with Crippen LogP contribution in [0, 0.1) is 5.92 Å². The average Bonchev–Trinajstić information content (AvgIpc) is 1.87. The Bertz CT molecular complexity index is 118. The smallest absolute Gasteiger partial charge is 0.0540 e. The zero-order valence-electron chi connectivity index (χ0n) is 6.76. The fraction of sp³-hybridized carbons (Fsp3) is 0.750. The highest BCUT2D eigenvalue weighted by atomic mass is 35.5. The Morgan fingerprint density at radius 3 is 2.40 bits per heavy atom. The van der Waals surface area contributed by atoms with Crippen molar-refractivity contribution in [3.05, 3.63) is 11.1 Å². The molecule has 0 fully saturated rings. The molecule has 0 amide bonds. The molecule has 1 nitrogen and oxygen atoms in total. The van der Waals surface area contributed by atoms with Gasteiger partial charge in [0.25, 0.3) is 0 Å². The second-order valence-corrected chi connectivity index (χ2v) is 3.10. The summed E-state index contributed by atoms with van der Waals surface area (Å²) in [7, 11) is 0. The van der Waals surface area contributed by atoms with E-state index >= 15 is 0 Å². The number of aliphatic hydroxyl groups excluding tert-OH is 1. The molecule has 2 heteroatoms. The highest BCUT2D eigenvalue weighted by Crippen LogP contribution is 2.14. The van der Waals surface area contributed by atoms with Crippen molar-refractivity contribution >= 4 is 11.6 Å². The first kappa shape index (κ1) is 9.99. The molecule has 0 heterocycles. The third-order valence-electron chi connectivity index (χ3n) is 1.65. The van der Waals surface area contributed by atoms with Crippen LogP contribution in [0.25, 0.3) is 0 Å². The fourth-order valence-electron chi connectivity index (χ4n) is 0.723. The van der Waals surface area contributed by atoms with E-state index in [9.17, 15) is 0 Å². The predicted octanol–water partition coefficient (Wildman–Crippen LogP) is 2.54. The van der Waals surface area contributed by atoms with Gasteiger partial charge >= 0.3 is 0 Å². The molecule has 0 rings (SSSR count). The summed E-state index contributed by atoms with van der Waals surface area (Å²) in [6, 6.07) is 0. The van der Waals surface area contributed by atoms with Crippen LogP contribution in [-0.2, 0) is 0 Å². The molecule has 0 saturated heterocycles. The van der Waals surface area contributed by atoms with E-state index in [0.29, 0.717) is 5.92 Å². The van der Waals surface area contributed by atoms with E-state index in [1.807, 2.05) is 13.8 Å². The minimum absolute atomic E-state index is 0.244. The highest BCUT2D eigenvalue weighted by Gasteiger charge is 2.08. The summed E-state index contributed by atoms with van der Waals surface area (Å²) < 4.78 is 0. The summed E-state index contributed by atoms with van der Waals surface area (Å²) >= 11 is 5.46. The van der Waals surface area contributed by atoms with E-state index in [1.54, 1.807) is 12.5 Å². The molecule has 10 heavy (non-hydrogen) atoms. The molecule has 0 bridgehead atoms. The van der Waals surface area contributed by atoms with Crippen molar-refractivity contribution in [2.45, 2.75) is 33.3 Å². The maximum atomic E-state index is 9.09. The maximum Gasteiger partial charge on any atom is 0.0540 e. The van der Waals surface area contributed by atoms with E-state index in [-0.39, 0.29) is 6.10 Å². The third-order valence-corrected chi connectivity index (χ3v) is 2.03. The van der Waals surface area contributed by atoms with Gasteiger partial charge in [-0.2, -0.15) is 0 Å². The lowest BCUT2D eigenvalue weighted by Gasteiger charge is -2.13. The number of hydrogen-bond acceptors (Lipinski definition) is 1. The van der Waals surface area contributed by atoms with Crippen LogP contribution >= 0.6 is 11.6 Å². The number of allylic oxidation sites excluding steroid dienone is 1. The molecular formula is C8H15ClO. The lowest BCUT2D eigenvalue weighted by atomic mass is 9.99. The second kappa shape index (κ2) is 4.75. The van der Waals surface area contributed by atoms with E-state index in [0.717, 1.165) is 12.0 Å². The minimum Gasteiger partial charge on any atom is -0.393 e. The van der Waals surface area contributed by atoms with Crippen LogP contribution in [0.5, 0.6) is 0 Å². The molecule has 2 atom stereocenters. The largest absolute Gasteiger partial charge is 0.393 e. The summed E-state index contributed by atoms with van der Waals surface area (Å²) in [5.74, 6) is 0.301. The Morgan fingerprint density at radius 1 is 1.60 bits per heavy atom. The van der Waals surface area contributed by atoms with Crippen molar-refractivity contribution in [3.63, 3.8) is 0 Å². The Balaban J connectivity index is 3.68. The normalized spacial score (nSPS) is 18.7. The topological polar surface area (TPSA) is 20.2 Å². The van der Waals surface area contributed by atoms with Crippen LogP contribution in [0.2, 0.25) is 0 Å². The third kappa shape index (κ3) is 3.91. The van der Waals surface area contributed by atoms with Crippen LogP contribution in [-0.4, -0.2) is 11.2 Å². The van der Waals surface area contributed by atoms with Crippen LogP contribution in [0.4, 0.5) is 0 Å². The van der Waals surface area contributed by atoms with E-state index in [2.05, 4.69) is 0 Å². The molecule has 0 aromatic rings. The second-order valence-electron chi connectivity index (χ2n) is 2.88. The van der Waals surface area contributed by atoms with Gasteiger partial charge in [0.15, 0.2) is 0 Å². The summed E-state index contributed by atoms with van der Waals surface area (Å²) in [5.41, 5.74) is 2.69. The van der Waals surface area contributed by atoms with Crippen LogP contribution < -0.4 is 0 Å². The summed E-state index contributed by atoms with van der Waals surface area (Å²) in [6.07, 6.45) is 0.632. The lowest BCUT2D eigenvalue weighted by molar-refractivity contribution is 0.135. The van der Waals surface area contributed by atoms with Gasteiger partial charge in [-0.15, -0.1) is 0 Å². The molecule has 0 aliphatic carbocycles. The van der Waals surface area contributed by atoms with E-state index < -0.39 is 0 Å². The highest BCUT2D eigenvalue weighted by molar-refractivity contribution is 6.25. The van der Waals surface area contributed by atoms with Gasteiger partial charge in [-0.1, -0.05) is 24.1 Å². The van der Waals surface area contributed by atoms with Gasteiger partial charge in [0.05, 0.1) is 6.10 Å². The molecule has 0 radical (unpaired) electrons. The molecule has 0 saturated carbocycles. The molecule has 2 unspecified atom stereocenters. The Labute approximate surface area is 67.7 Å². The van der Waals surface area contributed by atoms with E-state index in [4.69, 9.17) is 16.7 Å². The molecule has 1 N–H and O–H groups in total. The number of halogens is 1. The van der Waals surface area contributed by atoms with Crippen LogP contribution in [0.15, 0.2) is 11.1 Å². The molecule has 0 aromatic heterocycles. The maximum absolute atomic E-state index is 9.09. The van der Waals surface area contributed by atoms with E-state index in [1.165, 1.54) is 0 Å². The lowest BCUT2D eigenvalue weighted by Crippen LogP contribution is -2.12. The molecule has 0 aliphatic rings. The van der Waals surface area contributed by atoms with Gasteiger partial charge < -0.3 is 5.11 Å². The SMILES string of the molecule is CC(=CCl)CC(C)C(C)O. The first-order valence-electron chi connectivity index (χ1n) is 3.51. The monoisotopic (exact) mass is 162 g/mol. The number of hydrogen-bond donors (Lipinski definition) is 1. The standard InChI is InChI=1S/C8H15ClO/c1-6(5-9)4-7(2)8(3)10/h5,7-8,10H,4H2,1-3H3. The van der Waals surface area contributed by atoms with Gasteiger partial charge in [0, 0.05) is 5.54 Å². The van der Waals surface area contributed by atoms with Crippen molar-refractivity contribution in [2.24, 2.45) is 5.92 Å². The molecular weight excluding hydrogens is 148 g/mol. The first-order valence-corrected chi connectivity index (χ1v) is 3.95. The summed E-state index contributed by atoms with van der Waals surface area (Å²) in [4.78, 5) is 0. The Morgan fingerprint density at radius 2 is 2.10 bits per heavy atom. The Hall–Kier alpha value is -0.0100. The zero-order chi connectivity index (χ0) is 8.15. The first-order chi connectivity index (χ1) is 4.57. The quantitative estimate of drug-likeness (QED) is 0.676. The van der Waals surface area contributed by atoms with Crippen molar-refractivity contribution in [2.75, 3.05) is 0 Å². The minimum atomic E-state index is -0.244. The van der Waals surface area contributed by atoms with Gasteiger partial charge in [-0.25, -0.2) is 0 Å². The average molecular weight is 163 g/mol. The van der Waals surface area contributed by atoms with Gasteiger partial charge in [-0.05, 0) is 26.2 Å². The molecule has 60 valence electrons. The van der Waals surface area contributed by atoms with Crippen molar-refractivity contribution in [3.8, 4) is 0 Å². The van der Waals surface area contributed by atoms with Gasteiger partial charge in [0.1, 0.15) is 0 Å². The molecule has 0 spiro atoms. The predicted molar refractivity (Wildman–Crippen MR) is 45.1 cm³/mol. The molecule has 0 aromatic carbocycles. The zero-order valence-corrected chi connectivity index (χ0v) is 7.52. The van der Waals surface area contributed by atoms with Crippen molar-refractivity contribution in [1.82, 2.24) is 0 Å². The fourth-order valence-corrected chi connectivity index (χ4v) is 0.812. The number of rotatable bonds is 3. The van der Waals surface area contributed by atoms with Gasteiger partial charge in [0.2, 0.25) is 0 Å². The van der Waals surface area contributed by atoms with Crippen molar-refractivity contribution in [1.29, 1.82) is 0 Å². The Kier molecular flexibility index (Phi) is 4.75. The van der Waals surface area contributed by atoms with Crippen LogP contribution in [0.3, 0.4) is 0 Å².